The fourth-order valence-electron chi connectivity index (χ4n) is 1.31. The minimum Gasteiger partial charge on any atom is -0.399 e. The molecule has 1 heterocycles. The molecule has 0 aliphatic heterocycles. The number of anilines is 1. The fraction of sp³-hybridized carbons (Fsp3) is 0.100. The number of hydrogen-bond acceptors (Lipinski definition) is 7. The van der Waals surface area contributed by atoms with Gasteiger partial charge in [-0.1, -0.05) is 46.5 Å². The van der Waals surface area contributed by atoms with Crippen molar-refractivity contribution in [2.45, 2.75) is 13.6 Å². The van der Waals surface area contributed by atoms with E-state index < -0.39 is 5.91 Å². The lowest BCUT2D eigenvalue weighted by atomic mass is 10.2. The summed E-state index contributed by atoms with van der Waals surface area (Å²) in [5.41, 5.74) is 11.7. The number of nitrogen functional groups attached to an aromatic ring is 1. The Balaban J connectivity index is 2.41. The summed E-state index contributed by atoms with van der Waals surface area (Å²) in [5.74, 6) is -0.577. The minimum atomic E-state index is -0.577. The second kappa shape index (κ2) is 6.00. The number of aromatic nitrogens is 2. The highest BCUT2D eigenvalue weighted by Gasteiger charge is 2.16. The summed E-state index contributed by atoms with van der Waals surface area (Å²) in [6, 6.07) is 3.08. The van der Waals surface area contributed by atoms with Gasteiger partial charge in [0.25, 0.3) is 0 Å². The number of rotatable bonds is 4. The zero-order valence-electron chi connectivity index (χ0n) is 9.71. The van der Waals surface area contributed by atoms with Gasteiger partial charge in [0.2, 0.25) is 5.91 Å². The van der Waals surface area contributed by atoms with E-state index in [9.17, 15) is 4.79 Å². The molecule has 4 N–H and O–H groups in total. The lowest BCUT2D eigenvalue weighted by Gasteiger charge is -2.08. The van der Waals surface area contributed by atoms with Gasteiger partial charge in [0.15, 0.2) is 8.68 Å². The van der Waals surface area contributed by atoms with Crippen molar-refractivity contribution in [1.82, 2.24) is 10.2 Å². The number of carbonyl (C=O) groups excluding carboxylic acids is 1. The molecule has 19 heavy (non-hydrogen) atoms. The molecule has 5 nitrogen and oxygen atoms in total. The summed E-state index contributed by atoms with van der Waals surface area (Å²) in [6.45, 7) is 0. The van der Waals surface area contributed by atoms with Crippen LogP contribution in [0.1, 0.15) is 10.4 Å². The van der Waals surface area contributed by atoms with Crippen molar-refractivity contribution in [3.63, 3.8) is 0 Å². The molecule has 0 aliphatic rings. The number of nitrogens with two attached hydrogens (primary N) is 2. The first kappa shape index (κ1) is 14.4. The molecule has 0 bridgehead atoms. The van der Waals surface area contributed by atoms with E-state index >= 15 is 0 Å². The standard InChI is InChI=1S/C10H9ClN4OS3/c1-17-9-14-15-10(19-9)18-7-5(8(13)16)2-4(12)3-6(7)11/h2-3H,12H2,1H3,(H2,13,16). The van der Waals surface area contributed by atoms with E-state index in [0.717, 1.165) is 4.34 Å². The maximum atomic E-state index is 11.4. The summed E-state index contributed by atoms with van der Waals surface area (Å²) in [6.07, 6.45) is 1.92. The molecule has 1 aromatic heterocycles. The monoisotopic (exact) mass is 332 g/mol. The van der Waals surface area contributed by atoms with Gasteiger partial charge in [-0.15, -0.1) is 10.2 Å². The lowest BCUT2D eigenvalue weighted by molar-refractivity contribution is 0.0997. The van der Waals surface area contributed by atoms with Crippen LogP contribution in [-0.2, 0) is 0 Å². The number of benzene rings is 1. The van der Waals surface area contributed by atoms with Crippen molar-refractivity contribution in [3.8, 4) is 0 Å². The number of hydrogen-bond donors (Lipinski definition) is 2. The van der Waals surface area contributed by atoms with Crippen LogP contribution in [0.3, 0.4) is 0 Å². The third-order valence-corrected chi connectivity index (χ3v) is 5.59. The topological polar surface area (TPSA) is 94.9 Å². The first-order chi connectivity index (χ1) is 9.01. The molecule has 0 saturated carbocycles. The van der Waals surface area contributed by atoms with Gasteiger partial charge in [-0.3, -0.25) is 4.79 Å². The molecule has 0 radical (unpaired) electrons. The second-order valence-electron chi connectivity index (χ2n) is 3.38. The van der Waals surface area contributed by atoms with Gasteiger partial charge < -0.3 is 11.5 Å². The quantitative estimate of drug-likeness (QED) is 0.660. The third kappa shape index (κ3) is 3.33. The van der Waals surface area contributed by atoms with E-state index in [1.807, 2.05) is 6.26 Å². The Morgan fingerprint density at radius 3 is 2.63 bits per heavy atom. The number of amides is 1. The van der Waals surface area contributed by atoms with Crippen LogP contribution in [0, 0.1) is 0 Å². The van der Waals surface area contributed by atoms with Crippen molar-refractivity contribution >= 4 is 58.1 Å². The van der Waals surface area contributed by atoms with Gasteiger partial charge in [-0.05, 0) is 18.4 Å². The second-order valence-corrected chi connectivity index (χ2v) is 7.08. The summed E-state index contributed by atoms with van der Waals surface area (Å²) in [5, 5.41) is 8.37. The largest absolute Gasteiger partial charge is 0.399 e. The van der Waals surface area contributed by atoms with E-state index in [2.05, 4.69) is 10.2 Å². The predicted octanol–water partition coefficient (Wildman–Crippen LogP) is 2.75. The van der Waals surface area contributed by atoms with E-state index in [0.29, 0.717) is 19.9 Å². The van der Waals surface area contributed by atoms with Gasteiger partial charge >= 0.3 is 0 Å². The fourth-order valence-corrected chi connectivity index (χ4v) is 4.15. The molecule has 0 aliphatic carbocycles. The highest BCUT2D eigenvalue weighted by Crippen LogP contribution is 2.39. The van der Waals surface area contributed by atoms with Crippen LogP contribution in [0.4, 0.5) is 5.69 Å². The normalized spacial score (nSPS) is 10.6. The number of primary amides is 1. The van der Waals surface area contributed by atoms with Crippen LogP contribution >= 0.6 is 46.5 Å². The molecule has 0 atom stereocenters. The van der Waals surface area contributed by atoms with Crippen molar-refractivity contribution in [3.05, 3.63) is 22.7 Å². The van der Waals surface area contributed by atoms with Crippen molar-refractivity contribution in [2.24, 2.45) is 5.73 Å². The van der Waals surface area contributed by atoms with E-state index in [1.54, 1.807) is 6.07 Å². The SMILES string of the molecule is CSc1nnc(Sc2c(Cl)cc(N)cc2C(N)=O)s1. The van der Waals surface area contributed by atoms with Gasteiger partial charge in [-0.2, -0.15) is 0 Å². The van der Waals surface area contributed by atoms with Gasteiger partial charge in [0.05, 0.1) is 10.6 Å². The zero-order valence-corrected chi connectivity index (χ0v) is 12.9. The van der Waals surface area contributed by atoms with Crippen LogP contribution in [0.2, 0.25) is 5.02 Å². The highest BCUT2D eigenvalue weighted by molar-refractivity contribution is 8.03. The molecular weight excluding hydrogens is 324 g/mol. The maximum Gasteiger partial charge on any atom is 0.249 e. The molecule has 0 unspecified atom stereocenters. The van der Waals surface area contributed by atoms with Crippen LogP contribution in [0.25, 0.3) is 0 Å². The van der Waals surface area contributed by atoms with Gasteiger partial charge in [-0.25, -0.2) is 0 Å². The number of thioether (sulfide) groups is 1. The van der Waals surface area contributed by atoms with Crippen molar-refractivity contribution in [1.29, 1.82) is 0 Å². The first-order valence-electron chi connectivity index (χ1n) is 4.95. The molecule has 100 valence electrons. The molecule has 2 rings (SSSR count). The molecular formula is C10H9ClN4OS3. The van der Waals surface area contributed by atoms with Crippen LogP contribution in [0.5, 0.6) is 0 Å². The lowest BCUT2D eigenvalue weighted by Crippen LogP contribution is -2.13. The zero-order chi connectivity index (χ0) is 14.0. The summed E-state index contributed by atoms with van der Waals surface area (Å²) < 4.78 is 1.54. The van der Waals surface area contributed by atoms with Crippen LogP contribution < -0.4 is 11.5 Å². The number of nitrogens with zero attached hydrogens (tertiary/aromatic N) is 2. The Labute approximate surface area is 127 Å². The molecule has 1 amide bonds. The van der Waals surface area contributed by atoms with E-state index in [1.165, 1.54) is 40.9 Å². The minimum absolute atomic E-state index is 0.288. The first-order valence-corrected chi connectivity index (χ1v) is 8.19. The van der Waals surface area contributed by atoms with Gasteiger partial charge in [0, 0.05) is 10.6 Å². The van der Waals surface area contributed by atoms with Crippen LogP contribution in [-0.4, -0.2) is 22.4 Å². The highest BCUT2D eigenvalue weighted by atomic mass is 35.5. The smallest absolute Gasteiger partial charge is 0.249 e. The van der Waals surface area contributed by atoms with Crippen LogP contribution in [0.15, 0.2) is 25.7 Å². The van der Waals surface area contributed by atoms with E-state index in [4.69, 9.17) is 23.1 Å². The molecule has 0 fully saturated rings. The van der Waals surface area contributed by atoms with Crippen molar-refractivity contribution < 1.29 is 4.79 Å². The van der Waals surface area contributed by atoms with Crippen molar-refractivity contribution in [2.75, 3.05) is 12.0 Å². The molecule has 1 aromatic carbocycles. The Morgan fingerprint density at radius 1 is 1.37 bits per heavy atom. The maximum absolute atomic E-state index is 11.4. The average Bonchev–Trinajstić information content (AvgIpc) is 2.79. The molecule has 9 heteroatoms. The molecule has 0 spiro atoms. The Bertz CT molecular complexity index is 631. The Hall–Kier alpha value is -0.960. The third-order valence-electron chi connectivity index (χ3n) is 2.08. The van der Waals surface area contributed by atoms with Gasteiger partial charge in [0.1, 0.15) is 0 Å². The number of carbonyl (C=O) groups is 1. The molecule has 2 aromatic rings. The predicted molar refractivity (Wildman–Crippen MR) is 80.2 cm³/mol. The van der Waals surface area contributed by atoms with E-state index in [-0.39, 0.29) is 5.56 Å². The summed E-state index contributed by atoms with van der Waals surface area (Å²) in [7, 11) is 0. The average molecular weight is 333 g/mol. The Morgan fingerprint density at radius 2 is 2.05 bits per heavy atom. The number of halogens is 1. The summed E-state index contributed by atoms with van der Waals surface area (Å²) >= 11 is 10.3. The summed E-state index contributed by atoms with van der Waals surface area (Å²) in [4.78, 5) is 12.0. The Kier molecular flexibility index (Phi) is 4.56. The molecule has 0 saturated heterocycles.